The molecule has 0 saturated carbocycles. The van der Waals surface area contributed by atoms with Gasteiger partial charge in [-0.15, -0.1) is 22.7 Å². The molecule has 0 fully saturated rings. The van der Waals surface area contributed by atoms with Crippen molar-refractivity contribution in [2.75, 3.05) is 9.80 Å². The van der Waals surface area contributed by atoms with Crippen LogP contribution in [0.2, 0.25) is 0 Å². The van der Waals surface area contributed by atoms with Gasteiger partial charge in [0.25, 0.3) is 6.71 Å². The summed E-state index contributed by atoms with van der Waals surface area (Å²) in [6, 6.07) is 69.8. The molecule has 0 unspecified atom stereocenters. The van der Waals surface area contributed by atoms with E-state index < -0.39 is 0 Å². The highest BCUT2D eigenvalue weighted by atomic mass is 32.1. The van der Waals surface area contributed by atoms with Gasteiger partial charge in [0.1, 0.15) is 0 Å². The van der Waals surface area contributed by atoms with Crippen LogP contribution in [0.3, 0.4) is 0 Å². The predicted octanol–water partition coefficient (Wildman–Crippen LogP) is 13.3. The van der Waals surface area contributed by atoms with Crippen molar-refractivity contribution >= 4 is 131 Å². The van der Waals surface area contributed by atoms with Gasteiger partial charge in [0.05, 0.1) is 17.1 Å². The third-order valence-electron chi connectivity index (χ3n) is 12.2. The lowest BCUT2D eigenvalue weighted by Gasteiger charge is -2.42. The number of hydrogen-bond acceptors (Lipinski definition) is 4. The van der Waals surface area contributed by atoms with Crippen LogP contribution in [-0.2, 0) is 0 Å². The molecule has 0 saturated heterocycles. The monoisotopic (exact) mass is 758 g/mol. The first-order valence-electron chi connectivity index (χ1n) is 19.6. The zero-order valence-electron chi connectivity index (χ0n) is 30.7. The molecule has 0 spiro atoms. The zero-order chi connectivity index (χ0) is 37.2. The summed E-state index contributed by atoms with van der Waals surface area (Å²) < 4.78 is 5.45. The smallest absolute Gasteiger partial charge is 0.277 e. The summed E-state index contributed by atoms with van der Waals surface area (Å²) in [6.07, 6.45) is 0. The molecule has 2 nitrogen and oxygen atoms in total. The molecule has 9 aromatic carbocycles. The number of rotatable bonds is 3. The molecular weight excluding hydrogens is 728 g/mol. The number of para-hydroxylation sites is 2. The number of fused-ring (bicyclic) bond motifs is 14. The lowest BCUT2D eigenvalue weighted by Crippen LogP contribution is -2.59. The fraction of sp³-hybridized carbons (Fsp3) is 0. The largest absolute Gasteiger partial charge is 0.310 e. The van der Waals surface area contributed by atoms with Gasteiger partial charge in [-0.05, 0) is 85.8 Å². The molecule has 0 bridgehead atoms. The van der Waals surface area contributed by atoms with E-state index in [1.165, 1.54) is 113 Å². The summed E-state index contributed by atoms with van der Waals surface area (Å²) in [5, 5.41) is 10.3. The highest BCUT2D eigenvalue weighted by molar-refractivity contribution is 7.40. The predicted molar refractivity (Wildman–Crippen MR) is 249 cm³/mol. The van der Waals surface area contributed by atoms with E-state index in [9.17, 15) is 0 Å². The second kappa shape index (κ2) is 11.9. The van der Waals surface area contributed by atoms with Crippen LogP contribution in [0.15, 0.2) is 188 Å². The van der Waals surface area contributed by atoms with Gasteiger partial charge in [-0.3, -0.25) is 0 Å². The number of hydrogen-bond donors (Lipinski definition) is 0. The molecule has 0 atom stereocenters. The minimum absolute atomic E-state index is 0.104. The Hall–Kier alpha value is -6.66. The Kier molecular flexibility index (Phi) is 6.60. The first-order valence-corrected chi connectivity index (χ1v) is 21.2. The molecule has 5 heteroatoms. The van der Waals surface area contributed by atoms with Crippen LogP contribution >= 0.6 is 22.7 Å². The SMILES string of the molecule is c1ccc(N2c3cccc4c3B(c3sc5ccccc5c32)c2sc3ccccc3c2N4c2ccccc2-c2cccc3c4ccccc4c4ccccc4c23)cc1. The maximum Gasteiger partial charge on any atom is 0.277 e. The molecule has 0 radical (unpaired) electrons. The summed E-state index contributed by atoms with van der Waals surface area (Å²) in [5.41, 5.74) is 11.3. The van der Waals surface area contributed by atoms with Crippen molar-refractivity contribution in [2.45, 2.75) is 0 Å². The van der Waals surface area contributed by atoms with Gasteiger partial charge in [-0.25, -0.2) is 0 Å². The quantitative estimate of drug-likeness (QED) is 0.131. The average molecular weight is 759 g/mol. The van der Waals surface area contributed by atoms with Gasteiger partial charge >= 0.3 is 0 Å². The van der Waals surface area contributed by atoms with Crippen molar-refractivity contribution in [1.82, 2.24) is 0 Å². The van der Waals surface area contributed by atoms with Crippen molar-refractivity contribution in [3.8, 4) is 11.1 Å². The number of thiophene rings is 2. The van der Waals surface area contributed by atoms with Gasteiger partial charge in [-0.2, -0.15) is 0 Å². The first-order chi connectivity index (χ1) is 28.3. The lowest BCUT2D eigenvalue weighted by molar-refractivity contribution is 1.28. The van der Waals surface area contributed by atoms with Crippen LogP contribution in [0.4, 0.5) is 34.1 Å². The average Bonchev–Trinajstić information content (AvgIpc) is 3.86. The van der Waals surface area contributed by atoms with Crippen molar-refractivity contribution in [3.05, 3.63) is 188 Å². The van der Waals surface area contributed by atoms with Gasteiger partial charge in [0.2, 0.25) is 0 Å². The standard InChI is InChI=1S/C52H31BN2S2/c1-2-16-32(17-3-1)54-43-28-15-29-44-48(43)53(51-49(54)40-23-9-12-30-45(40)56-51)52-50(41-24-10-13-31-46(41)57-52)55(44)42-27-11-8-21-36(42)39-26-14-25-38-35-19-5-4-18-33(35)34-20-6-7-22-37(34)47(38)39/h1-31H. The molecule has 264 valence electrons. The summed E-state index contributed by atoms with van der Waals surface area (Å²) in [4.78, 5) is 5.15. The van der Waals surface area contributed by atoms with Crippen molar-refractivity contribution in [2.24, 2.45) is 0 Å². The Morgan fingerprint density at radius 3 is 1.44 bits per heavy atom. The van der Waals surface area contributed by atoms with E-state index in [2.05, 4.69) is 198 Å². The van der Waals surface area contributed by atoms with Gasteiger partial charge in [0, 0.05) is 52.4 Å². The summed E-state index contributed by atoms with van der Waals surface area (Å²) in [6.45, 7) is 0.104. The van der Waals surface area contributed by atoms with Crippen LogP contribution < -0.4 is 24.8 Å². The van der Waals surface area contributed by atoms with E-state index in [4.69, 9.17) is 0 Å². The third kappa shape index (κ3) is 4.30. The summed E-state index contributed by atoms with van der Waals surface area (Å²) >= 11 is 3.92. The molecular formula is C52H31BN2S2. The first kappa shape index (κ1) is 31.5. The molecule has 57 heavy (non-hydrogen) atoms. The highest BCUT2D eigenvalue weighted by Crippen LogP contribution is 2.52. The van der Waals surface area contributed by atoms with Crippen molar-refractivity contribution in [1.29, 1.82) is 0 Å². The minimum atomic E-state index is 0.104. The molecule has 4 heterocycles. The van der Waals surface area contributed by atoms with E-state index >= 15 is 0 Å². The molecule has 0 aliphatic carbocycles. The van der Waals surface area contributed by atoms with Gasteiger partial charge < -0.3 is 9.80 Å². The van der Waals surface area contributed by atoms with Crippen LogP contribution in [0, 0.1) is 0 Å². The maximum atomic E-state index is 2.61. The molecule has 2 aromatic heterocycles. The minimum Gasteiger partial charge on any atom is -0.310 e. The second-order valence-electron chi connectivity index (χ2n) is 15.1. The summed E-state index contributed by atoms with van der Waals surface area (Å²) in [5.74, 6) is 0. The normalized spacial score (nSPS) is 13.2. The Bertz CT molecular complexity index is 3410. The van der Waals surface area contributed by atoms with Gasteiger partial charge in [0.15, 0.2) is 0 Å². The Morgan fingerprint density at radius 2 is 0.772 bits per heavy atom. The molecule has 13 rings (SSSR count). The maximum absolute atomic E-state index is 2.61. The van der Waals surface area contributed by atoms with E-state index in [1.807, 2.05) is 22.7 Å². The fourth-order valence-electron chi connectivity index (χ4n) is 9.98. The van der Waals surface area contributed by atoms with Crippen LogP contribution in [0.5, 0.6) is 0 Å². The number of anilines is 6. The highest BCUT2D eigenvalue weighted by Gasteiger charge is 2.47. The molecule has 0 N–H and O–H groups in total. The molecule has 0 amide bonds. The van der Waals surface area contributed by atoms with Crippen LogP contribution in [0.25, 0.3) is 63.6 Å². The number of nitrogens with zero attached hydrogens (tertiary/aromatic N) is 2. The lowest BCUT2D eigenvalue weighted by atomic mass is 9.39. The topological polar surface area (TPSA) is 6.48 Å². The van der Waals surface area contributed by atoms with E-state index in [1.54, 1.807) is 0 Å². The Balaban J connectivity index is 1.15. The summed E-state index contributed by atoms with van der Waals surface area (Å²) in [7, 11) is 0. The molecule has 11 aromatic rings. The van der Waals surface area contributed by atoms with E-state index in [0.29, 0.717) is 0 Å². The van der Waals surface area contributed by atoms with E-state index in [0.717, 1.165) is 0 Å². The molecule has 2 aliphatic heterocycles. The van der Waals surface area contributed by atoms with Crippen molar-refractivity contribution < 1.29 is 0 Å². The Labute approximate surface area is 338 Å². The second-order valence-corrected chi connectivity index (χ2v) is 17.3. The Morgan fingerprint density at radius 1 is 0.333 bits per heavy atom. The number of benzene rings is 9. The third-order valence-corrected chi connectivity index (χ3v) is 14.7. The zero-order valence-corrected chi connectivity index (χ0v) is 32.3. The fourth-order valence-corrected chi connectivity index (χ4v) is 12.7. The van der Waals surface area contributed by atoms with E-state index in [-0.39, 0.29) is 6.71 Å². The van der Waals surface area contributed by atoms with Crippen LogP contribution in [0.1, 0.15) is 0 Å². The molecule has 2 aliphatic rings. The van der Waals surface area contributed by atoms with Crippen LogP contribution in [-0.4, -0.2) is 6.71 Å². The van der Waals surface area contributed by atoms with Gasteiger partial charge in [-0.1, -0.05) is 146 Å². The van der Waals surface area contributed by atoms with Crippen molar-refractivity contribution in [3.63, 3.8) is 0 Å².